The van der Waals surface area contributed by atoms with Crippen molar-refractivity contribution in [1.82, 2.24) is 4.31 Å². The predicted molar refractivity (Wildman–Crippen MR) is 113 cm³/mol. The van der Waals surface area contributed by atoms with Crippen LogP contribution < -0.4 is 14.8 Å². The zero-order valence-electron chi connectivity index (χ0n) is 17.2. The van der Waals surface area contributed by atoms with Gasteiger partial charge >= 0.3 is 6.61 Å². The third-order valence-corrected chi connectivity index (χ3v) is 6.34. The first kappa shape index (κ1) is 23.0. The number of sulfonamides is 1. The molecule has 1 N–H and O–H groups in total. The van der Waals surface area contributed by atoms with Gasteiger partial charge in [0.25, 0.3) is 0 Å². The van der Waals surface area contributed by atoms with Crippen LogP contribution in [0.25, 0.3) is 11.1 Å². The van der Waals surface area contributed by atoms with E-state index in [1.807, 2.05) is 0 Å². The number of benzene rings is 2. The fraction of sp³-hybridized carbons (Fsp3) is 0.381. The van der Waals surface area contributed by atoms with Crippen molar-refractivity contribution in [2.45, 2.75) is 31.9 Å². The highest BCUT2D eigenvalue weighted by Gasteiger charge is 2.34. The number of alkyl halides is 2. The first-order valence-corrected chi connectivity index (χ1v) is 11.5. The lowest BCUT2D eigenvalue weighted by atomic mass is 10.0. The number of carbonyl (C=O) groups excluding carboxylic acids is 1. The molecule has 0 radical (unpaired) electrons. The summed E-state index contributed by atoms with van der Waals surface area (Å²) in [5, 5.41) is 2.71. The number of amides is 1. The van der Waals surface area contributed by atoms with Crippen LogP contribution in [0.5, 0.6) is 11.5 Å². The molecule has 0 unspecified atom stereocenters. The SMILES string of the molecule is COc1ccc(-c2cc(NC(=O)[C@H]3CCCCN3S(C)(=O)=O)ccc2OC(F)F)cc1. The van der Waals surface area contributed by atoms with Crippen LogP contribution in [0.2, 0.25) is 0 Å². The van der Waals surface area contributed by atoms with E-state index >= 15 is 0 Å². The molecule has 1 aliphatic rings. The molecule has 1 atom stereocenters. The van der Waals surface area contributed by atoms with Gasteiger partial charge in [-0.2, -0.15) is 13.1 Å². The van der Waals surface area contributed by atoms with Crippen LogP contribution in [0.15, 0.2) is 42.5 Å². The number of nitrogens with one attached hydrogen (secondary N) is 1. The fourth-order valence-electron chi connectivity index (χ4n) is 3.59. The number of carbonyl (C=O) groups is 1. The lowest BCUT2D eigenvalue weighted by Crippen LogP contribution is -2.49. The van der Waals surface area contributed by atoms with E-state index in [4.69, 9.17) is 4.74 Å². The van der Waals surface area contributed by atoms with Crippen LogP contribution in [-0.4, -0.2) is 51.2 Å². The standard InChI is InChI=1S/C21H24F2N2O5S/c1-29-16-9-6-14(7-10-16)17-13-15(8-11-19(17)30-21(22)23)24-20(26)18-5-3-4-12-25(18)31(2,27)28/h6-11,13,18,21H,3-5,12H2,1-2H3,(H,24,26)/t18-/m1/s1. The molecule has 168 valence electrons. The van der Waals surface area contributed by atoms with Crippen LogP contribution in [0.3, 0.4) is 0 Å². The first-order chi connectivity index (χ1) is 14.7. The van der Waals surface area contributed by atoms with E-state index in [0.29, 0.717) is 35.4 Å². The Morgan fingerprint density at radius 2 is 1.87 bits per heavy atom. The topological polar surface area (TPSA) is 84.9 Å². The fourth-order valence-corrected chi connectivity index (χ4v) is 4.72. The Kier molecular flexibility index (Phi) is 7.11. The Morgan fingerprint density at radius 3 is 2.48 bits per heavy atom. The maximum atomic E-state index is 12.9. The third kappa shape index (κ3) is 5.71. The maximum absolute atomic E-state index is 12.9. The van der Waals surface area contributed by atoms with Crippen molar-refractivity contribution in [3.63, 3.8) is 0 Å². The second-order valence-electron chi connectivity index (χ2n) is 7.19. The Bertz CT molecular complexity index is 1030. The summed E-state index contributed by atoms with van der Waals surface area (Å²) < 4.78 is 60.8. The number of halogens is 2. The Morgan fingerprint density at radius 1 is 1.16 bits per heavy atom. The second-order valence-corrected chi connectivity index (χ2v) is 9.13. The largest absolute Gasteiger partial charge is 0.497 e. The summed E-state index contributed by atoms with van der Waals surface area (Å²) in [5.74, 6) is 0.0876. The van der Waals surface area contributed by atoms with Crippen molar-refractivity contribution < 1.29 is 31.5 Å². The molecule has 0 saturated carbocycles. The summed E-state index contributed by atoms with van der Waals surface area (Å²) in [5.41, 5.74) is 1.28. The van der Waals surface area contributed by atoms with Gasteiger partial charge in [-0.15, -0.1) is 0 Å². The van der Waals surface area contributed by atoms with E-state index < -0.39 is 28.6 Å². The highest BCUT2D eigenvalue weighted by molar-refractivity contribution is 7.88. The molecule has 0 aromatic heterocycles. The smallest absolute Gasteiger partial charge is 0.387 e. The zero-order chi connectivity index (χ0) is 22.6. The number of hydrogen-bond acceptors (Lipinski definition) is 5. The van der Waals surface area contributed by atoms with E-state index in [2.05, 4.69) is 10.1 Å². The van der Waals surface area contributed by atoms with Gasteiger partial charge in [-0.3, -0.25) is 4.79 Å². The maximum Gasteiger partial charge on any atom is 0.387 e. The first-order valence-electron chi connectivity index (χ1n) is 9.70. The molecule has 0 spiro atoms. The molecule has 3 rings (SSSR count). The van der Waals surface area contributed by atoms with Crippen molar-refractivity contribution in [2.75, 3.05) is 25.2 Å². The average Bonchev–Trinajstić information content (AvgIpc) is 2.74. The molecule has 7 nitrogen and oxygen atoms in total. The minimum Gasteiger partial charge on any atom is -0.497 e. The van der Waals surface area contributed by atoms with E-state index in [0.717, 1.165) is 12.7 Å². The Balaban J connectivity index is 1.89. The third-order valence-electron chi connectivity index (χ3n) is 5.05. The van der Waals surface area contributed by atoms with Gasteiger partial charge in [0.05, 0.1) is 13.4 Å². The lowest BCUT2D eigenvalue weighted by molar-refractivity contribution is -0.120. The summed E-state index contributed by atoms with van der Waals surface area (Å²) in [6.07, 6.45) is 2.92. The summed E-state index contributed by atoms with van der Waals surface area (Å²) >= 11 is 0. The number of anilines is 1. The van der Waals surface area contributed by atoms with Crippen molar-refractivity contribution >= 4 is 21.6 Å². The minimum atomic E-state index is -3.53. The highest BCUT2D eigenvalue weighted by Crippen LogP contribution is 2.35. The van der Waals surface area contributed by atoms with Crippen molar-refractivity contribution in [1.29, 1.82) is 0 Å². The van der Waals surface area contributed by atoms with Crippen molar-refractivity contribution in [3.8, 4) is 22.6 Å². The summed E-state index contributed by atoms with van der Waals surface area (Å²) in [6, 6.07) is 10.2. The molecule has 1 amide bonds. The molecular weight excluding hydrogens is 430 g/mol. The van der Waals surface area contributed by atoms with Gasteiger partial charge < -0.3 is 14.8 Å². The van der Waals surface area contributed by atoms with Gasteiger partial charge in [0, 0.05) is 17.8 Å². The molecular formula is C21H24F2N2O5S. The average molecular weight is 454 g/mol. The molecule has 31 heavy (non-hydrogen) atoms. The van der Waals surface area contributed by atoms with Gasteiger partial charge in [0.15, 0.2) is 0 Å². The van der Waals surface area contributed by atoms with E-state index in [-0.39, 0.29) is 12.3 Å². The molecule has 2 aromatic carbocycles. The molecule has 10 heteroatoms. The zero-order valence-corrected chi connectivity index (χ0v) is 18.0. The van der Waals surface area contributed by atoms with Crippen LogP contribution in [-0.2, 0) is 14.8 Å². The molecule has 0 aliphatic carbocycles. The molecule has 1 aliphatic heterocycles. The van der Waals surface area contributed by atoms with Gasteiger partial charge in [-0.1, -0.05) is 18.6 Å². The lowest BCUT2D eigenvalue weighted by Gasteiger charge is -2.32. The number of piperidine rings is 1. The van der Waals surface area contributed by atoms with Crippen molar-refractivity contribution in [2.24, 2.45) is 0 Å². The number of rotatable bonds is 7. The van der Waals surface area contributed by atoms with Gasteiger partial charge in [-0.05, 0) is 48.7 Å². The Hall–Kier alpha value is -2.72. The van der Waals surface area contributed by atoms with Crippen LogP contribution >= 0.6 is 0 Å². The van der Waals surface area contributed by atoms with Gasteiger partial charge in [0.1, 0.15) is 17.5 Å². The molecule has 1 saturated heterocycles. The monoisotopic (exact) mass is 454 g/mol. The molecule has 1 fully saturated rings. The van der Waals surface area contributed by atoms with E-state index in [1.165, 1.54) is 29.6 Å². The van der Waals surface area contributed by atoms with Crippen LogP contribution in [0, 0.1) is 0 Å². The summed E-state index contributed by atoms with van der Waals surface area (Å²) in [4.78, 5) is 12.8. The van der Waals surface area contributed by atoms with Crippen LogP contribution in [0.4, 0.5) is 14.5 Å². The number of methoxy groups -OCH3 is 1. The summed E-state index contributed by atoms with van der Waals surface area (Å²) in [7, 11) is -2.02. The molecule has 2 aromatic rings. The second kappa shape index (κ2) is 9.61. The molecule has 0 bridgehead atoms. The van der Waals surface area contributed by atoms with Crippen molar-refractivity contribution in [3.05, 3.63) is 42.5 Å². The summed E-state index contributed by atoms with van der Waals surface area (Å²) in [6.45, 7) is -2.72. The van der Waals surface area contributed by atoms with Crippen LogP contribution in [0.1, 0.15) is 19.3 Å². The van der Waals surface area contributed by atoms with Gasteiger partial charge in [0.2, 0.25) is 15.9 Å². The number of nitrogens with zero attached hydrogens (tertiary/aromatic N) is 1. The van der Waals surface area contributed by atoms with E-state index in [9.17, 15) is 22.0 Å². The Labute approximate surface area is 180 Å². The number of ether oxygens (including phenoxy) is 2. The quantitative estimate of drug-likeness (QED) is 0.689. The van der Waals surface area contributed by atoms with Gasteiger partial charge in [-0.25, -0.2) is 8.42 Å². The molecule has 1 heterocycles. The predicted octanol–water partition coefficient (Wildman–Crippen LogP) is 3.72. The highest BCUT2D eigenvalue weighted by atomic mass is 32.2. The number of hydrogen-bond donors (Lipinski definition) is 1. The van der Waals surface area contributed by atoms with E-state index in [1.54, 1.807) is 24.3 Å². The minimum absolute atomic E-state index is 0.0476. The normalized spacial score (nSPS) is 17.4.